The largest absolute Gasteiger partial charge is 0.405 e. The fraction of sp³-hybridized carbons (Fsp3) is 0.538. The Morgan fingerprint density at radius 1 is 1.28 bits per heavy atom. The van der Waals surface area contributed by atoms with Gasteiger partial charge in [0.05, 0.1) is 0 Å². The van der Waals surface area contributed by atoms with E-state index in [-0.39, 0.29) is 0 Å². The number of aryl methyl sites for hydroxylation is 1. The van der Waals surface area contributed by atoms with E-state index in [1.54, 1.807) is 12.1 Å². The Morgan fingerprint density at radius 2 is 1.94 bits per heavy atom. The van der Waals surface area contributed by atoms with Gasteiger partial charge in [0.2, 0.25) is 0 Å². The topological polar surface area (TPSA) is 3.24 Å². The molecule has 1 nitrogen and oxygen atoms in total. The molecule has 0 N–H and O–H groups in total. The molecule has 0 aromatic heterocycles. The van der Waals surface area contributed by atoms with Crippen molar-refractivity contribution in [2.24, 2.45) is 0 Å². The summed E-state index contributed by atoms with van der Waals surface area (Å²) in [5.74, 6) is 0.369. The summed E-state index contributed by atoms with van der Waals surface area (Å²) < 4.78 is 37.6. The standard InChI is InChI=1S/C13H17ClF3N/c1-3-6-18(9-13(15,16)17)12-5-4-11(8-14)7-10(12)2/h4-5,7H,3,6,8-9H2,1-2H3. The third-order valence-electron chi connectivity index (χ3n) is 2.62. The predicted octanol–water partition coefficient (Wildman–Crippen LogP) is 4.51. The van der Waals surface area contributed by atoms with Crippen molar-refractivity contribution >= 4 is 17.3 Å². The first-order chi connectivity index (χ1) is 8.37. The molecular formula is C13H17ClF3N. The van der Waals surface area contributed by atoms with Crippen LogP contribution in [0.1, 0.15) is 24.5 Å². The number of hydrogen-bond acceptors (Lipinski definition) is 1. The minimum absolute atomic E-state index is 0.369. The molecule has 0 radical (unpaired) electrons. The number of benzene rings is 1. The molecule has 0 amide bonds. The number of nitrogens with zero attached hydrogens (tertiary/aromatic N) is 1. The molecule has 0 heterocycles. The summed E-state index contributed by atoms with van der Waals surface area (Å²) in [6.45, 7) is 3.15. The predicted molar refractivity (Wildman–Crippen MR) is 69.3 cm³/mol. The van der Waals surface area contributed by atoms with Crippen molar-refractivity contribution in [3.05, 3.63) is 29.3 Å². The van der Waals surface area contributed by atoms with Gasteiger partial charge in [0.25, 0.3) is 0 Å². The summed E-state index contributed by atoms with van der Waals surface area (Å²) in [7, 11) is 0. The average Bonchev–Trinajstić information content (AvgIpc) is 2.26. The van der Waals surface area contributed by atoms with Gasteiger partial charge in [-0.1, -0.05) is 19.1 Å². The highest BCUT2D eigenvalue weighted by molar-refractivity contribution is 6.17. The Hall–Kier alpha value is -0.900. The van der Waals surface area contributed by atoms with Gasteiger partial charge in [0, 0.05) is 18.1 Å². The third kappa shape index (κ3) is 4.41. The van der Waals surface area contributed by atoms with Gasteiger partial charge in [-0.25, -0.2) is 0 Å². The van der Waals surface area contributed by atoms with Crippen LogP contribution in [0.15, 0.2) is 18.2 Å². The molecule has 5 heteroatoms. The maximum Gasteiger partial charge on any atom is 0.405 e. The Labute approximate surface area is 111 Å². The van der Waals surface area contributed by atoms with E-state index >= 15 is 0 Å². The van der Waals surface area contributed by atoms with E-state index < -0.39 is 12.7 Å². The number of halogens is 4. The van der Waals surface area contributed by atoms with Crippen LogP contribution in [-0.4, -0.2) is 19.3 Å². The second-order valence-electron chi connectivity index (χ2n) is 4.29. The van der Waals surface area contributed by atoms with E-state index in [4.69, 9.17) is 11.6 Å². The van der Waals surface area contributed by atoms with Crippen molar-refractivity contribution in [2.45, 2.75) is 32.3 Å². The second-order valence-corrected chi connectivity index (χ2v) is 4.56. The van der Waals surface area contributed by atoms with Crippen molar-refractivity contribution in [3.63, 3.8) is 0 Å². The Bertz CT molecular complexity index is 390. The van der Waals surface area contributed by atoms with Gasteiger partial charge in [-0.3, -0.25) is 0 Å². The molecule has 18 heavy (non-hydrogen) atoms. The van der Waals surface area contributed by atoms with E-state index in [2.05, 4.69) is 0 Å². The molecule has 0 bridgehead atoms. The van der Waals surface area contributed by atoms with Gasteiger partial charge in [-0.15, -0.1) is 11.6 Å². The summed E-state index contributed by atoms with van der Waals surface area (Å²) in [4.78, 5) is 1.37. The first kappa shape index (κ1) is 15.2. The summed E-state index contributed by atoms with van der Waals surface area (Å²) in [6.07, 6.45) is -3.51. The van der Waals surface area contributed by atoms with Crippen LogP contribution < -0.4 is 4.90 Å². The average molecular weight is 280 g/mol. The molecule has 0 aliphatic rings. The van der Waals surface area contributed by atoms with Crippen LogP contribution in [-0.2, 0) is 5.88 Å². The second kappa shape index (κ2) is 6.32. The molecule has 0 aliphatic heterocycles. The smallest absolute Gasteiger partial charge is 0.362 e. The van der Waals surface area contributed by atoms with E-state index in [0.717, 1.165) is 11.1 Å². The van der Waals surface area contributed by atoms with Crippen molar-refractivity contribution in [1.82, 2.24) is 0 Å². The normalized spacial score (nSPS) is 11.7. The number of hydrogen-bond donors (Lipinski definition) is 0. The first-order valence-electron chi connectivity index (χ1n) is 5.84. The monoisotopic (exact) mass is 279 g/mol. The van der Waals surface area contributed by atoms with Crippen LogP contribution >= 0.6 is 11.6 Å². The maximum atomic E-state index is 12.5. The van der Waals surface area contributed by atoms with Crippen LogP contribution in [0, 0.1) is 6.92 Å². The molecular weight excluding hydrogens is 263 g/mol. The van der Waals surface area contributed by atoms with Gasteiger partial charge in [0.1, 0.15) is 6.54 Å². The fourth-order valence-corrected chi connectivity index (χ4v) is 2.09. The lowest BCUT2D eigenvalue weighted by molar-refractivity contribution is -0.119. The van der Waals surface area contributed by atoms with Crippen molar-refractivity contribution < 1.29 is 13.2 Å². The summed E-state index contributed by atoms with van der Waals surface area (Å²) >= 11 is 5.70. The van der Waals surface area contributed by atoms with Crippen molar-refractivity contribution in [1.29, 1.82) is 0 Å². The zero-order valence-electron chi connectivity index (χ0n) is 10.5. The van der Waals surface area contributed by atoms with Gasteiger partial charge in [-0.2, -0.15) is 13.2 Å². The lowest BCUT2D eigenvalue weighted by atomic mass is 10.1. The number of alkyl halides is 4. The summed E-state index contributed by atoms with van der Waals surface area (Å²) in [5, 5.41) is 0. The van der Waals surface area contributed by atoms with Crippen LogP contribution in [0.3, 0.4) is 0 Å². The molecule has 0 unspecified atom stereocenters. The van der Waals surface area contributed by atoms with Crippen LogP contribution in [0.25, 0.3) is 0 Å². The maximum absolute atomic E-state index is 12.5. The molecule has 1 rings (SSSR count). The lowest BCUT2D eigenvalue weighted by Gasteiger charge is -2.27. The van der Waals surface area contributed by atoms with Crippen LogP contribution in [0.4, 0.5) is 18.9 Å². The number of rotatable bonds is 5. The summed E-state index contributed by atoms with van der Waals surface area (Å²) in [6, 6.07) is 5.32. The highest BCUT2D eigenvalue weighted by atomic mass is 35.5. The molecule has 0 saturated heterocycles. The molecule has 0 fully saturated rings. The van der Waals surface area contributed by atoms with E-state index in [1.165, 1.54) is 4.90 Å². The molecule has 0 spiro atoms. The molecule has 1 aromatic carbocycles. The zero-order chi connectivity index (χ0) is 13.8. The van der Waals surface area contributed by atoms with E-state index in [1.807, 2.05) is 19.9 Å². The van der Waals surface area contributed by atoms with E-state index in [0.29, 0.717) is 24.5 Å². The minimum Gasteiger partial charge on any atom is -0.362 e. The van der Waals surface area contributed by atoms with Crippen LogP contribution in [0.5, 0.6) is 0 Å². The molecule has 0 aliphatic carbocycles. The molecule has 1 aromatic rings. The Morgan fingerprint density at radius 3 is 2.39 bits per heavy atom. The third-order valence-corrected chi connectivity index (χ3v) is 2.93. The number of anilines is 1. The van der Waals surface area contributed by atoms with Crippen molar-refractivity contribution in [3.8, 4) is 0 Å². The molecule has 0 atom stereocenters. The Kier molecular flexibility index (Phi) is 5.32. The molecule has 102 valence electrons. The fourth-order valence-electron chi connectivity index (χ4n) is 1.93. The lowest BCUT2D eigenvalue weighted by Crippen LogP contribution is -2.35. The quantitative estimate of drug-likeness (QED) is 0.717. The van der Waals surface area contributed by atoms with Gasteiger partial charge in [0.15, 0.2) is 0 Å². The van der Waals surface area contributed by atoms with Gasteiger partial charge >= 0.3 is 6.18 Å². The summed E-state index contributed by atoms with van der Waals surface area (Å²) in [5.41, 5.74) is 2.37. The van der Waals surface area contributed by atoms with E-state index in [9.17, 15) is 13.2 Å². The zero-order valence-corrected chi connectivity index (χ0v) is 11.3. The first-order valence-corrected chi connectivity index (χ1v) is 6.38. The van der Waals surface area contributed by atoms with Crippen LogP contribution in [0.2, 0.25) is 0 Å². The van der Waals surface area contributed by atoms with Gasteiger partial charge < -0.3 is 4.90 Å². The Balaban J connectivity index is 2.98. The SMILES string of the molecule is CCCN(CC(F)(F)F)c1ccc(CCl)cc1C. The highest BCUT2D eigenvalue weighted by Gasteiger charge is 2.31. The van der Waals surface area contributed by atoms with Crippen molar-refractivity contribution in [2.75, 3.05) is 18.0 Å². The molecule has 0 saturated carbocycles. The minimum atomic E-state index is -4.19. The highest BCUT2D eigenvalue weighted by Crippen LogP contribution is 2.26. The van der Waals surface area contributed by atoms with Gasteiger partial charge in [-0.05, 0) is 30.5 Å².